The number of nitrogens with one attached hydrogen (secondary N) is 2. The predicted molar refractivity (Wildman–Crippen MR) is 165 cm³/mol. The van der Waals surface area contributed by atoms with Gasteiger partial charge in [-0.1, -0.05) is 26.3 Å². The van der Waals surface area contributed by atoms with Crippen molar-refractivity contribution < 1.29 is 26.6 Å². The molecule has 1 heterocycles. The van der Waals surface area contributed by atoms with E-state index in [2.05, 4.69) is 5.32 Å². The summed E-state index contributed by atoms with van der Waals surface area (Å²) in [5.74, 6) is -1.75. The van der Waals surface area contributed by atoms with E-state index in [0.29, 0.717) is 42.0 Å². The molecule has 2 N–H and O–H groups in total. The Labute approximate surface area is 260 Å². The van der Waals surface area contributed by atoms with E-state index in [0.717, 1.165) is 6.07 Å². The maximum absolute atomic E-state index is 14.0. The van der Waals surface area contributed by atoms with Crippen molar-refractivity contribution in [1.82, 2.24) is 14.5 Å². The summed E-state index contributed by atoms with van der Waals surface area (Å²) in [7, 11) is 0.188. The molecule has 0 aliphatic rings. The molecule has 0 bridgehead atoms. The second-order valence-electron chi connectivity index (χ2n) is 10.2. The molecule has 240 valence electrons. The molecule has 2 atom stereocenters. The molecule has 3 rings (SSSR count). The quantitative estimate of drug-likeness (QED) is 0.190. The van der Waals surface area contributed by atoms with Crippen molar-refractivity contribution in [3.8, 4) is 11.8 Å². The van der Waals surface area contributed by atoms with Gasteiger partial charge in [0.2, 0.25) is 5.91 Å². The Hall–Kier alpha value is -4.38. The monoisotopic (exact) mass is 646 g/mol. The molecule has 2 unspecified atom stereocenters. The molecule has 1 amide bonds. The van der Waals surface area contributed by atoms with Crippen LogP contribution in [0.1, 0.15) is 67.9 Å². The smallest absolute Gasteiger partial charge is 0.382 e. The highest BCUT2D eigenvalue weighted by Gasteiger charge is 2.35. The van der Waals surface area contributed by atoms with Crippen LogP contribution in [0.25, 0.3) is 5.69 Å². The number of anilines is 1. The lowest BCUT2D eigenvalue weighted by atomic mass is 10.1. The number of halogens is 4. The Morgan fingerprint density at radius 2 is 1.87 bits per heavy atom. The minimum atomic E-state index is -4.97. The summed E-state index contributed by atoms with van der Waals surface area (Å²) in [5, 5.41) is 20.7. The van der Waals surface area contributed by atoms with E-state index in [4.69, 9.17) is 10.4 Å². The van der Waals surface area contributed by atoms with Crippen molar-refractivity contribution in [2.24, 2.45) is 0 Å². The van der Waals surface area contributed by atoms with Crippen molar-refractivity contribution in [2.75, 3.05) is 30.4 Å². The lowest BCUT2D eigenvalue weighted by Gasteiger charge is -2.31. The summed E-state index contributed by atoms with van der Waals surface area (Å²) in [6.07, 6.45) is -4.61. The van der Waals surface area contributed by atoms with Crippen LogP contribution >= 0.6 is 0 Å². The molecule has 0 aliphatic heterocycles. The number of carbonyl (C=O) groups is 1. The second kappa shape index (κ2) is 15.1. The summed E-state index contributed by atoms with van der Waals surface area (Å²) in [5.41, 5.74) is -1.31. The Kier molecular flexibility index (Phi) is 11.8. The van der Waals surface area contributed by atoms with Gasteiger partial charge in [-0.25, -0.2) is 9.37 Å². The molecule has 2 aromatic carbocycles. The SMILES string of the molecule is CCCC(=N)c1nc(C(C)N(CCS(=O)CC)C(=O)Cc2ccc(F)c(C(F)(F)F)c2)n(-c2ccc(C#N)cc2)c(=O)c1NC. The molecule has 0 aliphatic carbocycles. The number of amides is 1. The summed E-state index contributed by atoms with van der Waals surface area (Å²) in [6, 6.07) is 9.39. The third-order valence-corrected chi connectivity index (χ3v) is 8.42. The second-order valence-corrected chi connectivity index (χ2v) is 12.0. The molecule has 3 aromatic rings. The summed E-state index contributed by atoms with van der Waals surface area (Å²) in [6.45, 7) is 5.05. The van der Waals surface area contributed by atoms with E-state index < -0.39 is 52.3 Å². The molecular weight excluding hydrogens is 612 g/mol. The van der Waals surface area contributed by atoms with Crippen LogP contribution in [0.5, 0.6) is 0 Å². The number of carbonyl (C=O) groups excluding carboxylic acids is 1. The van der Waals surface area contributed by atoms with Crippen molar-refractivity contribution in [2.45, 2.75) is 52.3 Å². The summed E-state index contributed by atoms with van der Waals surface area (Å²) >= 11 is 0. The zero-order chi connectivity index (χ0) is 33.5. The molecule has 45 heavy (non-hydrogen) atoms. The highest BCUT2D eigenvalue weighted by molar-refractivity contribution is 7.84. The molecule has 9 nitrogen and oxygen atoms in total. The highest BCUT2D eigenvalue weighted by Crippen LogP contribution is 2.32. The molecule has 0 spiro atoms. The van der Waals surface area contributed by atoms with Crippen LogP contribution < -0.4 is 10.9 Å². The molecule has 0 fully saturated rings. The van der Waals surface area contributed by atoms with Gasteiger partial charge in [0.25, 0.3) is 5.56 Å². The van der Waals surface area contributed by atoms with Crippen LogP contribution in [-0.4, -0.2) is 55.4 Å². The van der Waals surface area contributed by atoms with E-state index in [9.17, 15) is 36.6 Å². The minimum Gasteiger partial charge on any atom is -0.382 e. The van der Waals surface area contributed by atoms with Gasteiger partial charge in [0, 0.05) is 35.9 Å². The van der Waals surface area contributed by atoms with Crippen LogP contribution in [0.4, 0.5) is 23.2 Å². The maximum atomic E-state index is 14.0. The number of nitriles is 1. The standard InChI is InChI=1S/C31H34F4N6O3S/c1-5-7-25(37)27-28(38-4)30(43)41(22-11-8-20(18-36)9-12-22)29(39-27)19(3)40(14-15-45(44)6-2)26(42)17-21-10-13-24(32)23(16-21)31(33,34)35/h8-13,16,19,37-38H,5-7,14-15,17H2,1-4H3. The van der Waals surface area contributed by atoms with Gasteiger partial charge in [-0.3, -0.25) is 18.4 Å². The third kappa shape index (κ3) is 8.21. The van der Waals surface area contributed by atoms with Crippen LogP contribution in [0.3, 0.4) is 0 Å². The van der Waals surface area contributed by atoms with E-state index in [1.54, 1.807) is 13.8 Å². The average Bonchev–Trinajstić information content (AvgIpc) is 3.00. The van der Waals surface area contributed by atoms with Crippen molar-refractivity contribution in [3.63, 3.8) is 0 Å². The number of alkyl halides is 3. The Bertz CT molecular complexity index is 1680. The third-order valence-electron chi connectivity index (χ3n) is 7.13. The minimum absolute atomic E-state index is 0.0397. The van der Waals surface area contributed by atoms with Gasteiger partial charge in [0.15, 0.2) is 0 Å². The number of benzene rings is 2. The Morgan fingerprint density at radius 1 is 1.20 bits per heavy atom. The number of aromatic nitrogens is 2. The van der Waals surface area contributed by atoms with Crippen LogP contribution in [0.15, 0.2) is 47.3 Å². The topological polar surface area (TPSA) is 132 Å². The van der Waals surface area contributed by atoms with Gasteiger partial charge < -0.3 is 15.6 Å². The number of hydrogen-bond donors (Lipinski definition) is 2. The normalized spacial score (nSPS) is 12.7. The van der Waals surface area contributed by atoms with Gasteiger partial charge in [-0.2, -0.15) is 18.4 Å². The van der Waals surface area contributed by atoms with Gasteiger partial charge >= 0.3 is 6.18 Å². The van der Waals surface area contributed by atoms with E-state index in [1.807, 2.05) is 13.0 Å². The first-order valence-electron chi connectivity index (χ1n) is 14.2. The van der Waals surface area contributed by atoms with Crippen LogP contribution in [-0.2, 0) is 28.2 Å². The van der Waals surface area contributed by atoms with Gasteiger partial charge in [-0.05, 0) is 55.3 Å². The van der Waals surface area contributed by atoms with Gasteiger partial charge in [0.05, 0.1) is 41.1 Å². The first-order valence-corrected chi connectivity index (χ1v) is 15.7. The number of rotatable bonds is 13. The van der Waals surface area contributed by atoms with Crippen LogP contribution in [0.2, 0.25) is 0 Å². The fraction of sp³-hybridized carbons (Fsp3) is 0.387. The zero-order valence-electron chi connectivity index (χ0n) is 25.3. The first-order chi connectivity index (χ1) is 21.3. The number of nitrogens with zero attached hydrogens (tertiary/aromatic N) is 4. The fourth-order valence-electron chi connectivity index (χ4n) is 4.76. The van der Waals surface area contributed by atoms with Gasteiger partial charge in [-0.15, -0.1) is 0 Å². The van der Waals surface area contributed by atoms with Crippen LogP contribution in [0, 0.1) is 22.6 Å². The van der Waals surface area contributed by atoms with Crippen molar-refractivity contribution >= 4 is 28.1 Å². The zero-order valence-corrected chi connectivity index (χ0v) is 26.1. The molecular formula is C31H34F4N6O3S. The van der Waals surface area contributed by atoms with Crippen molar-refractivity contribution in [3.05, 3.63) is 86.8 Å². The van der Waals surface area contributed by atoms with E-state index in [-0.39, 0.29) is 40.8 Å². The summed E-state index contributed by atoms with van der Waals surface area (Å²) < 4.78 is 67.8. The van der Waals surface area contributed by atoms with E-state index >= 15 is 0 Å². The average molecular weight is 647 g/mol. The summed E-state index contributed by atoms with van der Waals surface area (Å²) in [4.78, 5) is 33.7. The first kappa shape index (κ1) is 35.1. The lowest BCUT2D eigenvalue weighted by molar-refractivity contribution is -0.140. The number of hydrogen-bond acceptors (Lipinski definition) is 7. The predicted octanol–water partition coefficient (Wildman–Crippen LogP) is 5.37. The highest BCUT2D eigenvalue weighted by atomic mass is 32.2. The molecule has 0 saturated heterocycles. The fourth-order valence-corrected chi connectivity index (χ4v) is 5.45. The molecule has 1 aromatic heterocycles. The maximum Gasteiger partial charge on any atom is 0.419 e. The largest absolute Gasteiger partial charge is 0.419 e. The lowest BCUT2D eigenvalue weighted by Crippen LogP contribution is -2.41. The molecule has 14 heteroatoms. The Balaban J connectivity index is 2.22. The molecule has 0 saturated carbocycles. The Morgan fingerprint density at radius 3 is 2.42 bits per heavy atom. The van der Waals surface area contributed by atoms with E-state index in [1.165, 1.54) is 40.8 Å². The van der Waals surface area contributed by atoms with Gasteiger partial charge in [0.1, 0.15) is 23.0 Å². The molecule has 0 radical (unpaired) electrons. The van der Waals surface area contributed by atoms with Crippen molar-refractivity contribution in [1.29, 1.82) is 10.7 Å².